The lowest BCUT2D eigenvalue weighted by atomic mass is 10.2. The monoisotopic (exact) mass is 383 g/mol. The van der Waals surface area contributed by atoms with Gasteiger partial charge in [0.25, 0.3) is 0 Å². The number of phenols is 1. The molecule has 0 atom stereocenters. The van der Waals surface area contributed by atoms with Gasteiger partial charge < -0.3 is 10.4 Å². The van der Waals surface area contributed by atoms with Crippen molar-refractivity contribution in [3.63, 3.8) is 0 Å². The molecule has 0 aliphatic carbocycles. The minimum atomic E-state index is 0.249. The first-order chi connectivity index (χ1) is 9.65. The van der Waals surface area contributed by atoms with Gasteiger partial charge in [0.15, 0.2) is 5.82 Å². The summed E-state index contributed by atoms with van der Waals surface area (Å²) in [7, 11) is 0. The zero-order valence-corrected chi connectivity index (χ0v) is 13.8. The molecule has 0 saturated heterocycles. The first-order valence-corrected chi connectivity index (χ1v) is 7.83. The minimum absolute atomic E-state index is 0.249. The second-order valence-electron chi connectivity index (χ2n) is 4.48. The summed E-state index contributed by atoms with van der Waals surface area (Å²) in [5.74, 6) is 1.84. The lowest BCUT2D eigenvalue weighted by Crippen LogP contribution is -2.08. The van der Waals surface area contributed by atoms with E-state index in [1.54, 1.807) is 12.1 Å². The highest BCUT2D eigenvalue weighted by atomic mass is 127. The number of aromatic nitrogens is 2. The largest absolute Gasteiger partial charge is 0.508 e. The van der Waals surface area contributed by atoms with Gasteiger partial charge in [-0.3, -0.25) is 0 Å². The Bertz CT molecular complexity index is 584. The summed E-state index contributed by atoms with van der Waals surface area (Å²) >= 11 is 2.29. The SMILES string of the molecule is CCCNc1nc(-c2ccc(O)cc2)nc(CC)c1I. The fourth-order valence-corrected chi connectivity index (χ4v) is 2.64. The van der Waals surface area contributed by atoms with E-state index in [9.17, 15) is 5.11 Å². The first kappa shape index (κ1) is 15.0. The Balaban J connectivity index is 2.44. The summed E-state index contributed by atoms with van der Waals surface area (Å²) in [5, 5.41) is 12.7. The Morgan fingerprint density at radius 3 is 2.45 bits per heavy atom. The van der Waals surface area contributed by atoms with Crippen LogP contribution in [0.2, 0.25) is 0 Å². The molecule has 0 amide bonds. The fraction of sp³-hybridized carbons (Fsp3) is 0.333. The van der Waals surface area contributed by atoms with E-state index in [0.717, 1.165) is 40.0 Å². The quantitative estimate of drug-likeness (QED) is 0.771. The number of halogens is 1. The molecule has 0 spiro atoms. The number of benzene rings is 1. The number of aryl methyl sites for hydroxylation is 1. The van der Waals surface area contributed by atoms with Gasteiger partial charge in [-0.2, -0.15) is 0 Å². The van der Waals surface area contributed by atoms with Crippen LogP contribution in [0, 0.1) is 3.57 Å². The van der Waals surface area contributed by atoms with Crippen LogP contribution in [0.1, 0.15) is 26.0 Å². The van der Waals surface area contributed by atoms with Gasteiger partial charge in [0.1, 0.15) is 11.6 Å². The zero-order chi connectivity index (χ0) is 14.5. The lowest BCUT2D eigenvalue weighted by Gasteiger charge is -2.12. The number of anilines is 1. The lowest BCUT2D eigenvalue weighted by molar-refractivity contribution is 0.475. The molecule has 0 unspecified atom stereocenters. The topological polar surface area (TPSA) is 58.0 Å². The van der Waals surface area contributed by atoms with E-state index in [1.807, 2.05) is 12.1 Å². The molecule has 0 fully saturated rings. The van der Waals surface area contributed by atoms with Gasteiger partial charge >= 0.3 is 0 Å². The molecule has 0 saturated carbocycles. The number of nitrogens with zero attached hydrogens (tertiary/aromatic N) is 2. The van der Waals surface area contributed by atoms with Gasteiger partial charge in [0.2, 0.25) is 0 Å². The number of phenolic OH excluding ortho intramolecular Hbond substituents is 1. The molecule has 2 rings (SSSR count). The fourth-order valence-electron chi connectivity index (χ4n) is 1.83. The predicted octanol–water partition coefficient (Wildman–Crippen LogP) is 3.84. The summed E-state index contributed by atoms with van der Waals surface area (Å²) in [6, 6.07) is 6.98. The molecular weight excluding hydrogens is 365 g/mol. The number of rotatable bonds is 5. The van der Waals surface area contributed by atoms with Crippen molar-refractivity contribution in [3.8, 4) is 17.1 Å². The van der Waals surface area contributed by atoms with Crippen LogP contribution in [0.15, 0.2) is 24.3 Å². The third-order valence-electron chi connectivity index (χ3n) is 2.92. The molecule has 5 heteroatoms. The molecule has 1 heterocycles. The van der Waals surface area contributed by atoms with Crippen molar-refractivity contribution in [3.05, 3.63) is 33.5 Å². The summed E-state index contributed by atoms with van der Waals surface area (Å²) in [6.07, 6.45) is 1.92. The maximum atomic E-state index is 9.36. The number of hydrogen-bond acceptors (Lipinski definition) is 4. The summed E-state index contributed by atoms with van der Waals surface area (Å²) in [6.45, 7) is 5.11. The highest BCUT2D eigenvalue weighted by Gasteiger charge is 2.12. The van der Waals surface area contributed by atoms with Crippen LogP contribution >= 0.6 is 22.6 Å². The molecule has 0 radical (unpaired) electrons. The smallest absolute Gasteiger partial charge is 0.161 e. The molecule has 2 aromatic rings. The molecule has 0 aliphatic rings. The Kier molecular flexibility index (Phi) is 5.17. The van der Waals surface area contributed by atoms with Crippen LogP contribution < -0.4 is 5.32 Å². The highest BCUT2D eigenvalue weighted by Crippen LogP contribution is 2.25. The molecular formula is C15H18IN3O. The number of aromatic hydroxyl groups is 1. The first-order valence-electron chi connectivity index (χ1n) is 6.75. The Labute approximate surface area is 132 Å². The van der Waals surface area contributed by atoms with E-state index in [1.165, 1.54) is 0 Å². The van der Waals surface area contributed by atoms with Crippen molar-refractivity contribution in [1.29, 1.82) is 0 Å². The molecule has 2 N–H and O–H groups in total. The predicted molar refractivity (Wildman–Crippen MR) is 90.0 cm³/mol. The molecule has 1 aromatic heterocycles. The van der Waals surface area contributed by atoms with Crippen LogP contribution in [0.4, 0.5) is 5.82 Å². The van der Waals surface area contributed by atoms with Crippen molar-refractivity contribution in [2.75, 3.05) is 11.9 Å². The highest BCUT2D eigenvalue weighted by molar-refractivity contribution is 14.1. The van der Waals surface area contributed by atoms with Gasteiger partial charge in [-0.25, -0.2) is 9.97 Å². The Morgan fingerprint density at radius 1 is 1.15 bits per heavy atom. The Morgan fingerprint density at radius 2 is 1.85 bits per heavy atom. The molecule has 1 aromatic carbocycles. The average molecular weight is 383 g/mol. The van der Waals surface area contributed by atoms with E-state index >= 15 is 0 Å². The maximum absolute atomic E-state index is 9.36. The number of hydrogen-bond donors (Lipinski definition) is 2. The van der Waals surface area contributed by atoms with E-state index in [2.05, 4.69) is 51.7 Å². The average Bonchev–Trinajstić information content (AvgIpc) is 2.47. The molecule has 20 heavy (non-hydrogen) atoms. The second-order valence-corrected chi connectivity index (χ2v) is 5.56. The molecule has 0 bridgehead atoms. The van der Waals surface area contributed by atoms with Crippen LogP contribution in [-0.4, -0.2) is 21.6 Å². The second kappa shape index (κ2) is 6.88. The van der Waals surface area contributed by atoms with Crippen molar-refractivity contribution in [1.82, 2.24) is 9.97 Å². The van der Waals surface area contributed by atoms with Crippen molar-refractivity contribution < 1.29 is 5.11 Å². The molecule has 0 aliphatic heterocycles. The van der Waals surface area contributed by atoms with Crippen molar-refractivity contribution in [2.45, 2.75) is 26.7 Å². The molecule has 4 nitrogen and oxygen atoms in total. The van der Waals surface area contributed by atoms with Crippen LogP contribution in [0.3, 0.4) is 0 Å². The maximum Gasteiger partial charge on any atom is 0.161 e. The van der Waals surface area contributed by atoms with E-state index in [0.29, 0.717) is 5.82 Å². The van der Waals surface area contributed by atoms with Crippen molar-refractivity contribution in [2.24, 2.45) is 0 Å². The van der Waals surface area contributed by atoms with Crippen LogP contribution in [-0.2, 0) is 6.42 Å². The van der Waals surface area contributed by atoms with Gasteiger partial charge in [0, 0.05) is 12.1 Å². The minimum Gasteiger partial charge on any atom is -0.508 e. The zero-order valence-electron chi connectivity index (χ0n) is 11.7. The Hall–Kier alpha value is -1.37. The third-order valence-corrected chi connectivity index (χ3v) is 4.06. The number of nitrogens with one attached hydrogen (secondary N) is 1. The normalized spacial score (nSPS) is 10.6. The standard InChI is InChI=1S/C15H18IN3O/c1-3-9-17-15-13(16)12(4-2)18-14(19-15)10-5-7-11(20)8-6-10/h5-8,20H,3-4,9H2,1-2H3,(H,17,18,19). The van der Waals surface area contributed by atoms with Gasteiger partial charge in [-0.1, -0.05) is 13.8 Å². The van der Waals surface area contributed by atoms with E-state index in [4.69, 9.17) is 0 Å². The van der Waals surface area contributed by atoms with Gasteiger partial charge in [0.05, 0.1) is 9.26 Å². The van der Waals surface area contributed by atoms with E-state index < -0.39 is 0 Å². The van der Waals surface area contributed by atoms with Crippen molar-refractivity contribution >= 4 is 28.4 Å². The van der Waals surface area contributed by atoms with E-state index in [-0.39, 0.29) is 5.75 Å². The van der Waals surface area contributed by atoms with Gasteiger partial charge in [-0.15, -0.1) is 0 Å². The summed E-state index contributed by atoms with van der Waals surface area (Å²) in [4.78, 5) is 9.23. The van der Waals surface area contributed by atoms with Crippen LogP contribution in [0.5, 0.6) is 5.75 Å². The third kappa shape index (κ3) is 3.39. The summed E-state index contributed by atoms with van der Waals surface area (Å²) < 4.78 is 1.08. The van der Waals surface area contributed by atoms with Gasteiger partial charge in [-0.05, 0) is 59.7 Å². The summed E-state index contributed by atoms with van der Waals surface area (Å²) in [5.41, 5.74) is 1.95. The van der Waals surface area contributed by atoms with Crippen LogP contribution in [0.25, 0.3) is 11.4 Å². The molecule has 106 valence electrons.